The van der Waals surface area contributed by atoms with E-state index in [2.05, 4.69) is 240 Å². The molecule has 11 rings (SSSR count). The van der Waals surface area contributed by atoms with Gasteiger partial charge in [-0.15, -0.1) is 0 Å². The van der Waals surface area contributed by atoms with Crippen molar-refractivity contribution in [3.8, 4) is 51.0 Å². The van der Waals surface area contributed by atoms with Crippen molar-refractivity contribution in [1.29, 1.82) is 0 Å². The fraction of sp³-hybridized carbons (Fsp3) is 0.123. The van der Waals surface area contributed by atoms with Crippen molar-refractivity contribution in [2.75, 3.05) is 0 Å². The van der Waals surface area contributed by atoms with E-state index in [9.17, 15) is 0 Å². The van der Waals surface area contributed by atoms with Crippen molar-refractivity contribution >= 4 is 50.6 Å². The van der Waals surface area contributed by atoms with Gasteiger partial charge in [-0.05, 0) is 90.2 Å². The SMILES string of the molecule is CC(C)(C)c1ccc2c(c1)c1cc(C(C)(C)C)ccc1n2-c1ccc(-c2cccc([Si](c3ccccc3)(c3ccccc3)c3ccccc3)c2)c(-c2nc(-c3ccccc3)nc(-c3ccccc3)n2)c1. The Morgan fingerprint density at radius 2 is 0.729 bits per heavy atom. The lowest BCUT2D eigenvalue weighted by Gasteiger charge is -2.34. The molecule has 0 radical (unpaired) electrons. The number of hydrogen-bond acceptors (Lipinski definition) is 3. The van der Waals surface area contributed by atoms with Gasteiger partial charge in [0.05, 0.1) is 11.0 Å². The normalized spacial score (nSPS) is 12.1. The third-order valence-electron chi connectivity index (χ3n) is 13.9. The molecule has 0 aliphatic carbocycles. The van der Waals surface area contributed by atoms with E-state index in [-0.39, 0.29) is 10.8 Å². The van der Waals surface area contributed by atoms with Gasteiger partial charge in [0.2, 0.25) is 0 Å². The molecule has 0 fully saturated rings. The lowest BCUT2D eigenvalue weighted by Crippen LogP contribution is -2.74. The maximum atomic E-state index is 5.40. The highest BCUT2D eigenvalue weighted by Gasteiger charge is 2.41. The van der Waals surface area contributed by atoms with Gasteiger partial charge in [-0.25, -0.2) is 15.0 Å². The average Bonchev–Trinajstić information content (AvgIpc) is 3.73. The van der Waals surface area contributed by atoms with Gasteiger partial charge < -0.3 is 4.57 Å². The molecule has 2 aromatic heterocycles. The summed E-state index contributed by atoms with van der Waals surface area (Å²) in [6.45, 7) is 13.8. The first kappa shape index (κ1) is 44.5. The molecule has 0 saturated heterocycles. The van der Waals surface area contributed by atoms with Crippen molar-refractivity contribution in [3.63, 3.8) is 0 Å². The fourth-order valence-electron chi connectivity index (χ4n) is 10.3. The summed E-state index contributed by atoms with van der Waals surface area (Å²) in [7, 11) is -2.86. The van der Waals surface area contributed by atoms with Gasteiger partial charge in [0.15, 0.2) is 25.5 Å². The molecule has 70 heavy (non-hydrogen) atoms. The molecule has 0 atom stereocenters. The van der Waals surface area contributed by atoms with Crippen LogP contribution in [0.3, 0.4) is 0 Å². The van der Waals surface area contributed by atoms with Crippen molar-refractivity contribution in [2.45, 2.75) is 52.4 Å². The summed E-state index contributed by atoms with van der Waals surface area (Å²) < 4.78 is 2.43. The summed E-state index contributed by atoms with van der Waals surface area (Å²) >= 11 is 0. The van der Waals surface area contributed by atoms with Gasteiger partial charge in [0.25, 0.3) is 0 Å². The van der Waals surface area contributed by atoms with Crippen LogP contribution in [0.4, 0.5) is 0 Å². The Morgan fingerprint density at radius 1 is 0.329 bits per heavy atom. The fourth-order valence-corrected chi connectivity index (χ4v) is 15.1. The van der Waals surface area contributed by atoms with Crippen LogP contribution in [-0.4, -0.2) is 27.6 Å². The Kier molecular flexibility index (Phi) is 11.3. The molecule has 9 aromatic carbocycles. The molecule has 0 aliphatic rings. The van der Waals surface area contributed by atoms with Crippen LogP contribution in [0.15, 0.2) is 231 Å². The molecule has 0 unspecified atom stereocenters. The first-order valence-electron chi connectivity index (χ1n) is 24.4. The molecule has 0 bridgehead atoms. The molecule has 0 amide bonds. The molecule has 4 nitrogen and oxygen atoms in total. The third-order valence-corrected chi connectivity index (χ3v) is 18.7. The van der Waals surface area contributed by atoms with E-state index in [0.29, 0.717) is 17.5 Å². The van der Waals surface area contributed by atoms with Gasteiger partial charge in [-0.2, -0.15) is 0 Å². The van der Waals surface area contributed by atoms with Crippen LogP contribution >= 0.6 is 0 Å². The molecular weight excluding hydrogens is 865 g/mol. The third kappa shape index (κ3) is 8.06. The number of benzene rings is 9. The summed E-state index contributed by atoms with van der Waals surface area (Å²) in [6, 6.07) is 84.1. The molecule has 0 spiro atoms. The van der Waals surface area contributed by atoms with Gasteiger partial charge in [-0.3, -0.25) is 0 Å². The van der Waals surface area contributed by atoms with Crippen LogP contribution in [-0.2, 0) is 10.8 Å². The summed E-state index contributed by atoms with van der Waals surface area (Å²) in [6.07, 6.45) is 0. The number of hydrogen-bond donors (Lipinski definition) is 0. The predicted molar refractivity (Wildman–Crippen MR) is 297 cm³/mol. The van der Waals surface area contributed by atoms with E-state index >= 15 is 0 Å². The molecule has 0 saturated carbocycles. The van der Waals surface area contributed by atoms with Crippen LogP contribution in [0.5, 0.6) is 0 Å². The minimum Gasteiger partial charge on any atom is -0.309 e. The van der Waals surface area contributed by atoms with E-state index in [1.54, 1.807) is 0 Å². The highest BCUT2D eigenvalue weighted by atomic mass is 28.3. The summed E-state index contributed by atoms with van der Waals surface area (Å²) in [4.78, 5) is 15.9. The maximum absolute atomic E-state index is 5.40. The lowest BCUT2D eigenvalue weighted by atomic mass is 9.85. The van der Waals surface area contributed by atoms with Gasteiger partial charge in [0, 0.05) is 33.2 Å². The van der Waals surface area contributed by atoms with Crippen molar-refractivity contribution in [3.05, 3.63) is 242 Å². The lowest BCUT2D eigenvalue weighted by molar-refractivity contribution is 0.590. The number of nitrogens with zero attached hydrogens (tertiary/aromatic N) is 4. The van der Waals surface area contributed by atoms with Crippen LogP contribution in [0.2, 0.25) is 0 Å². The van der Waals surface area contributed by atoms with E-state index < -0.39 is 8.07 Å². The zero-order valence-electron chi connectivity index (χ0n) is 40.7. The van der Waals surface area contributed by atoms with Crippen molar-refractivity contribution in [2.24, 2.45) is 0 Å². The Morgan fingerprint density at radius 3 is 1.17 bits per heavy atom. The van der Waals surface area contributed by atoms with Crippen molar-refractivity contribution < 1.29 is 0 Å². The van der Waals surface area contributed by atoms with E-state index in [1.807, 2.05) is 36.4 Å². The predicted octanol–water partition coefficient (Wildman–Crippen LogP) is 13.6. The summed E-state index contributed by atoms with van der Waals surface area (Å²) in [5, 5.41) is 7.76. The largest absolute Gasteiger partial charge is 0.309 e. The molecule has 0 N–H and O–H groups in total. The van der Waals surface area contributed by atoms with Crippen LogP contribution in [0.25, 0.3) is 72.8 Å². The van der Waals surface area contributed by atoms with Crippen LogP contribution < -0.4 is 20.7 Å². The second-order valence-corrected chi connectivity index (χ2v) is 24.3. The zero-order valence-corrected chi connectivity index (χ0v) is 41.7. The van der Waals surface area contributed by atoms with Gasteiger partial charge in [-0.1, -0.05) is 236 Å². The molecule has 0 aliphatic heterocycles. The van der Waals surface area contributed by atoms with Crippen LogP contribution in [0.1, 0.15) is 52.7 Å². The number of rotatable bonds is 9. The first-order chi connectivity index (χ1) is 34.0. The minimum atomic E-state index is -2.86. The minimum absolute atomic E-state index is 0.0127. The number of aromatic nitrogens is 4. The number of fused-ring (bicyclic) bond motifs is 3. The highest BCUT2D eigenvalue weighted by molar-refractivity contribution is 7.19. The molecule has 340 valence electrons. The average molecular weight is 921 g/mol. The molecular formula is C65H56N4Si. The second kappa shape index (κ2) is 17.8. The van der Waals surface area contributed by atoms with E-state index in [0.717, 1.165) is 44.5 Å². The van der Waals surface area contributed by atoms with E-state index in [4.69, 9.17) is 15.0 Å². The summed E-state index contributed by atoms with van der Waals surface area (Å²) in [5.74, 6) is 1.86. The smallest absolute Gasteiger partial charge is 0.179 e. The standard InChI is InChI=1S/C65H56N4Si/c1-64(2,3)48-35-39-59-56(42-48)57-43-49(65(4,5)6)36-40-60(57)69(59)50-37-38-55(58(44-50)63-67-61(45-23-12-7-13-24-45)66-62(68-63)46-25-14-8-15-26-46)47-27-22-34-54(41-47)70(51-28-16-9-17-29-51,52-30-18-10-19-31-52)53-32-20-11-21-33-53/h7-44H,1-6H3. The summed E-state index contributed by atoms with van der Waals surface area (Å²) in [5.41, 5.74) is 10.9. The maximum Gasteiger partial charge on any atom is 0.179 e. The van der Waals surface area contributed by atoms with E-state index in [1.165, 1.54) is 42.6 Å². The monoisotopic (exact) mass is 920 g/mol. The van der Waals surface area contributed by atoms with Gasteiger partial charge in [0.1, 0.15) is 0 Å². The Bertz CT molecular complexity index is 3420. The Balaban J connectivity index is 1.21. The molecule has 2 heterocycles. The quantitative estimate of drug-likeness (QED) is 0.107. The second-order valence-electron chi connectivity index (χ2n) is 20.5. The zero-order chi connectivity index (χ0) is 48.0. The van der Waals surface area contributed by atoms with Crippen LogP contribution in [0, 0.1) is 0 Å². The Labute approximate surface area is 413 Å². The Hall–Kier alpha value is -7.99. The van der Waals surface area contributed by atoms with Crippen molar-refractivity contribution in [1.82, 2.24) is 19.5 Å². The van der Waals surface area contributed by atoms with Gasteiger partial charge >= 0.3 is 0 Å². The topological polar surface area (TPSA) is 43.6 Å². The highest BCUT2D eigenvalue weighted by Crippen LogP contribution is 2.40. The molecule has 5 heteroatoms. The first-order valence-corrected chi connectivity index (χ1v) is 26.4. The molecule has 11 aromatic rings.